The van der Waals surface area contributed by atoms with Crippen LogP contribution < -0.4 is 19.6 Å². The second-order valence-electron chi connectivity index (χ2n) is 6.63. The number of aryl methyl sites for hydroxylation is 1. The first-order valence-electron chi connectivity index (χ1n) is 9.20. The summed E-state index contributed by atoms with van der Waals surface area (Å²) in [6.07, 6.45) is 1.25. The van der Waals surface area contributed by atoms with Gasteiger partial charge in [-0.3, -0.25) is 4.79 Å². The van der Waals surface area contributed by atoms with Crippen molar-refractivity contribution < 1.29 is 23.4 Å². The van der Waals surface area contributed by atoms with Crippen molar-refractivity contribution in [2.24, 2.45) is 0 Å². The van der Waals surface area contributed by atoms with Gasteiger partial charge < -0.3 is 18.6 Å². The number of carbonyl (C=O) groups is 1. The molecule has 0 bridgehead atoms. The van der Waals surface area contributed by atoms with Crippen LogP contribution in [0.5, 0.6) is 23.0 Å². The van der Waals surface area contributed by atoms with Crippen LogP contribution in [0, 0.1) is 6.92 Å². The highest BCUT2D eigenvalue weighted by atomic mass is 16.5. The van der Waals surface area contributed by atoms with Gasteiger partial charge in [0.1, 0.15) is 29.1 Å². The Bertz CT molecular complexity index is 1290. The molecule has 0 unspecified atom stereocenters. The molecule has 0 atom stereocenters. The lowest BCUT2D eigenvalue weighted by Gasteiger charge is -2.08. The molecule has 150 valence electrons. The Kier molecular flexibility index (Phi) is 5.22. The summed E-state index contributed by atoms with van der Waals surface area (Å²) >= 11 is 0. The molecule has 6 nitrogen and oxygen atoms in total. The third-order valence-electron chi connectivity index (χ3n) is 4.45. The lowest BCUT2D eigenvalue weighted by atomic mass is 10.2. The van der Waals surface area contributed by atoms with Gasteiger partial charge in [0, 0.05) is 6.07 Å². The highest BCUT2D eigenvalue weighted by molar-refractivity contribution is 5.92. The second kappa shape index (κ2) is 8.13. The van der Waals surface area contributed by atoms with Crippen molar-refractivity contribution in [1.82, 2.24) is 0 Å². The molecule has 1 heterocycles. The maximum atomic E-state index is 12.7. The van der Waals surface area contributed by atoms with E-state index in [2.05, 4.69) is 0 Å². The van der Waals surface area contributed by atoms with Crippen LogP contribution in [-0.2, 0) is 0 Å². The van der Waals surface area contributed by atoms with Gasteiger partial charge in [-0.2, -0.15) is 0 Å². The number of methoxy groups -OCH3 is 1. The minimum absolute atomic E-state index is 0.0780. The predicted octanol–water partition coefficient (Wildman–Crippen LogP) is 5.12. The van der Waals surface area contributed by atoms with Crippen molar-refractivity contribution in [2.45, 2.75) is 6.92 Å². The fourth-order valence-corrected chi connectivity index (χ4v) is 2.95. The van der Waals surface area contributed by atoms with E-state index in [1.807, 2.05) is 25.1 Å². The zero-order valence-electron chi connectivity index (χ0n) is 16.4. The first-order valence-corrected chi connectivity index (χ1v) is 9.20. The Labute approximate surface area is 172 Å². The van der Waals surface area contributed by atoms with E-state index < -0.39 is 5.97 Å². The summed E-state index contributed by atoms with van der Waals surface area (Å²) in [5, 5.41) is 0.321. The fraction of sp³-hybridized carbons (Fsp3) is 0.0833. The van der Waals surface area contributed by atoms with E-state index in [0.29, 0.717) is 22.4 Å². The number of hydrogen-bond donors (Lipinski definition) is 0. The molecule has 0 aliphatic rings. The SMILES string of the molecule is COc1cccc(C(=O)Oc2ccc3c(=O)c(Oc4cccc(C)c4)coc3c2)c1. The number of hydrogen-bond acceptors (Lipinski definition) is 6. The van der Waals surface area contributed by atoms with E-state index in [0.717, 1.165) is 5.56 Å². The summed E-state index contributed by atoms with van der Waals surface area (Å²) in [5.74, 6) is 0.885. The van der Waals surface area contributed by atoms with Crippen molar-refractivity contribution >= 4 is 16.9 Å². The summed E-state index contributed by atoms with van der Waals surface area (Å²) in [6, 6.07) is 18.6. The zero-order chi connectivity index (χ0) is 21.1. The van der Waals surface area contributed by atoms with Crippen LogP contribution in [0.3, 0.4) is 0 Å². The van der Waals surface area contributed by atoms with E-state index in [-0.39, 0.29) is 22.5 Å². The maximum Gasteiger partial charge on any atom is 0.343 e. The van der Waals surface area contributed by atoms with Crippen LogP contribution >= 0.6 is 0 Å². The van der Waals surface area contributed by atoms with Crippen molar-refractivity contribution in [1.29, 1.82) is 0 Å². The van der Waals surface area contributed by atoms with Crippen LogP contribution in [0.1, 0.15) is 15.9 Å². The number of benzene rings is 3. The maximum absolute atomic E-state index is 12.7. The van der Waals surface area contributed by atoms with Crippen LogP contribution in [0.15, 0.2) is 82.2 Å². The highest BCUT2D eigenvalue weighted by Crippen LogP contribution is 2.25. The smallest absolute Gasteiger partial charge is 0.343 e. The van der Waals surface area contributed by atoms with Crippen molar-refractivity contribution in [3.63, 3.8) is 0 Å². The molecule has 4 aromatic rings. The minimum Gasteiger partial charge on any atom is -0.497 e. The normalized spacial score (nSPS) is 10.6. The first-order chi connectivity index (χ1) is 14.5. The number of rotatable bonds is 5. The monoisotopic (exact) mass is 402 g/mol. The van der Waals surface area contributed by atoms with E-state index in [4.69, 9.17) is 18.6 Å². The fourth-order valence-electron chi connectivity index (χ4n) is 2.95. The van der Waals surface area contributed by atoms with Gasteiger partial charge >= 0.3 is 5.97 Å². The molecule has 30 heavy (non-hydrogen) atoms. The van der Waals surface area contributed by atoms with Crippen LogP contribution in [-0.4, -0.2) is 13.1 Å². The highest BCUT2D eigenvalue weighted by Gasteiger charge is 2.13. The number of esters is 1. The molecule has 6 heteroatoms. The Morgan fingerprint density at radius 1 is 0.900 bits per heavy atom. The molecular weight excluding hydrogens is 384 g/mol. The van der Waals surface area contributed by atoms with Gasteiger partial charge in [0.2, 0.25) is 11.2 Å². The topological polar surface area (TPSA) is 75.0 Å². The predicted molar refractivity (Wildman–Crippen MR) is 112 cm³/mol. The van der Waals surface area contributed by atoms with Crippen LogP contribution in [0.4, 0.5) is 0 Å². The summed E-state index contributed by atoms with van der Waals surface area (Å²) in [5.41, 5.74) is 1.33. The lowest BCUT2D eigenvalue weighted by Crippen LogP contribution is -2.09. The van der Waals surface area contributed by atoms with Crippen molar-refractivity contribution in [3.8, 4) is 23.0 Å². The number of ether oxygens (including phenoxy) is 3. The summed E-state index contributed by atoms with van der Waals surface area (Å²) in [7, 11) is 1.52. The Morgan fingerprint density at radius 3 is 2.50 bits per heavy atom. The van der Waals surface area contributed by atoms with Crippen LogP contribution in [0.2, 0.25) is 0 Å². The summed E-state index contributed by atoms with van der Waals surface area (Å²) in [6.45, 7) is 1.93. The molecule has 0 saturated heterocycles. The molecule has 0 saturated carbocycles. The molecule has 0 aliphatic carbocycles. The first kappa shape index (κ1) is 19.3. The molecule has 0 fully saturated rings. The minimum atomic E-state index is -0.546. The molecule has 0 amide bonds. The van der Waals surface area contributed by atoms with E-state index in [1.165, 1.54) is 25.5 Å². The van der Waals surface area contributed by atoms with E-state index in [9.17, 15) is 9.59 Å². The number of carbonyl (C=O) groups excluding carboxylic acids is 1. The quantitative estimate of drug-likeness (QED) is 0.341. The van der Waals surface area contributed by atoms with Gasteiger partial charge in [0.05, 0.1) is 18.1 Å². The largest absolute Gasteiger partial charge is 0.497 e. The molecule has 0 aliphatic heterocycles. The Hall–Kier alpha value is -4.06. The van der Waals surface area contributed by atoms with Gasteiger partial charge in [-0.25, -0.2) is 4.79 Å². The van der Waals surface area contributed by atoms with Crippen molar-refractivity contribution in [3.05, 3.63) is 94.3 Å². The second-order valence-corrected chi connectivity index (χ2v) is 6.63. The molecule has 1 aromatic heterocycles. The lowest BCUT2D eigenvalue weighted by molar-refractivity contribution is 0.0734. The Morgan fingerprint density at radius 2 is 1.70 bits per heavy atom. The van der Waals surface area contributed by atoms with Gasteiger partial charge in [0.25, 0.3) is 0 Å². The molecule has 3 aromatic carbocycles. The van der Waals surface area contributed by atoms with Gasteiger partial charge in [-0.05, 0) is 55.0 Å². The molecule has 0 spiro atoms. The van der Waals surface area contributed by atoms with Gasteiger partial charge in [0.15, 0.2) is 0 Å². The molecule has 0 N–H and O–H groups in total. The summed E-state index contributed by atoms with van der Waals surface area (Å²) < 4.78 is 21.7. The standard InChI is InChI=1S/C24H18O6/c1-15-5-3-8-18(11-15)29-22-14-28-21-13-19(9-10-20(21)23(22)25)30-24(26)16-6-4-7-17(12-16)27-2/h3-14H,1-2H3. The van der Waals surface area contributed by atoms with Gasteiger partial charge in [-0.15, -0.1) is 0 Å². The van der Waals surface area contributed by atoms with E-state index >= 15 is 0 Å². The van der Waals surface area contributed by atoms with Crippen LogP contribution in [0.25, 0.3) is 11.0 Å². The molecule has 4 rings (SSSR count). The average Bonchev–Trinajstić information content (AvgIpc) is 2.76. The Balaban J connectivity index is 1.59. The zero-order valence-corrected chi connectivity index (χ0v) is 16.4. The third-order valence-corrected chi connectivity index (χ3v) is 4.45. The van der Waals surface area contributed by atoms with Crippen molar-refractivity contribution in [2.75, 3.05) is 7.11 Å². The van der Waals surface area contributed by atoms with E-state index in [1.54, 1.807) is 36.4 Å². The molecule has 0 radical (unpaired) electrons. The molecular formula is C24H18O6. The average molecular weight is 402 g/mol. The summed E-state index contributed by atoms with van der Waals surface area (Å²) in [4.78, 5) is 25.1. The third kappa shape index (κ3) is 4.03. The number of fused-ring (bicyclic) bond motifs is 1. The van der Waals surface area contributed by atoms with Gasteiger partial charge in [-0.1, -0.05) is 18.2 Å².